The minimum absolute atomic E-state index is 0.102. The topological polar surface area (TPSA) is 120 Å². The number of fused-ring (bicyclic) bond motifs is 1. The summed E-state index contributed by atoms with van der Waals surface area (Å²) in [6.45, 7) is 5.95. The minimum Gasteiger partial charge on any atom is -0.495 e. The molecular formula is C27H35ClN6O4S. The Bertz CT molecular complexity index is 1440. The van der Waals surface area contributed by atoms with Gasteiger partial charge < -0.3 is 20.5 Å². The Hall–Kier alpha value is -2.96. The number of benzene rings is 2. The predicted octanol–water partition coefficient (Wildman–Crippen LogP) is 4.05. The molecule has 2 heterocycles. The Kier molecular flexibility index (Phi) is 8.67. The van der Waals surface area contributed by atoms with E-state index >= 15 is 0 Å². The average molecular weight is 575 g/mol. The molecule has 10 nitrogen and oxygen atoms in total. The number of anilines is 4. The second kappa shape index (κ2) is 11.6. The number of aliphatic hydroxyl groups is 1. The predicted molar refractivity (Wildman–Crippen MR) is 154 cm³/mol. The zero-order chi connectivity index (χ0) is 28.4. The highest BCUT2D eigenvalue weighted by Crippen LogP contribution is 2.34. The summed E-state index contributed by atoms with van der Waals surface area (Å²) in [4.78, 5) is 11.2. The lowest BCUT2D eigenvalue weighted by Gasteiger charge is -2.27. The first-order valence-corrected chi connectivity index (χ1v) is 14.4. The van der Waals surface area contributed by atoms with E-state index in [1.165, 1.54) is 37.5 Å². The van der Waals surface area contributed by atoms with E-state index in [4.69, 9.17) is 16.3 Å². The number of aromatic nitrogens is 2. The van der Waals surface area contributed by atoms with Crippen molar-refractivity contribution in [1.29, 1.82) is 0 Å². The van der Waals surface area contributed by atoms with Crippen LogP contribution in [0.2, 0.25) is 5.02 Å². The number of hydrogen-bond donors (Lipinski definition) is 3. The molecule has 0 saturated heterocycles. The summed E-state index contributed by atoms with van der Waals surface area (Å²) in [5.74, 6) is 1.18. The molecule has 39 heavy (non-hydrogen) atoms. The van der Waals surface area contributed by atoms with Gasteiger partial charge in [-0.25, -0.2) is 17.7 Å². The van der Waals surface area contributed by atoms with E-state index in [2.05, 4.69) is 25.5 Å². The van der Waals surface area contributed by atoms with Crippen molar-refractivity contribution in [2.75, 3.05) is 51.5 Å². The van der Waals surface area contributed by atoms with Gasteiger partial charge in [-0.1, -0.05) is 23.7 Å². The summed E-state index contributed by atoms with van der Waals surface area (Å²) in [5.41, 5.74) is 2.68. The van der Waals surface area contributed by atoms with Crippen molar-refractivity contribution in [2.24, 2.45) is 0 Å². The number of ether oxygens (including phenoxy) is 1. The molecule has 0 spiro atoms. The minimum atomic E-state index is -3.70. The Balaban J connectivity index is 1.60. The van der Waals surface area contributed by atoms with Gasteiger partial charge in [-0.15, -0.1) is 0 Å². The van der Waals surface area contributed by atoms with Gasteiger partial charge in [0.2, 0.25) is 16.0 Å². The Labute approximate surface area is 235 Å². The molecular weight excluding hydrogens is 540 g/mol. The zero-order valence-electron chi connectivity index (χ0n) is 22.8. The maximum Gasteiger partial charge on any atom is 0.244 e. The van der Waals surface area contributed by atoms with Gasteiger partial charge in [0.25, 0.3) is 0 Å². The number of nitrogens with zero attached hydrogens (tertiary/aromatic N) is 4. The molecule has 0 atom stereocenters. The molecule has 12 heteroatoms. The molecule has 1 aromatic heterocycles. The van der Waals surface area contributed by atoms with Crippen molar-refractivity contribution in [3.05, 3.63) is 58.7 Å². The SMILES string of the molecule is COc1cc2c(cc1Nc1ncc(Cl)c(Nc3ccccc3S(=O)(=O)N(C)C)n1)CCN(CC(C)(C)O)CC2. The number of methoxy groups -OCH3 is 1. The summed E-state index contributed by atoms with van der Waals surface area (Å²) in [6.07, 6.45) is 3.13. The van der Waals surface area contributed by atoms with E-state index in [0.29, 0.717) is 23.7 Å². The van der Waals surface area contributed by atoms with Crippen molar-refractivity contribution in [3.63, 3.8) is 0 Å². The highest BCUT2D eigenvalue weighted by molar-refractivity contribution is 7.89. The van der Waals surface area contributed by atoms with Crippen LogP contribution < -0.4 is 15.4 Å². The summed E-state index contributed by atoms with van der Waals surface area (Å²) >= 11 is 6.39. The van der Waals surface area contributed by atoms with E-state index in [1.54, 1.807) is 25.3 Å². The Morgan fingerprint density at radius 1 is 1.10 bits per heavy atom. The van der Waals surface area contributed by atoms with E-state index in [9.17, 15) is 13.5 Å². The normalized spacial score (nSPS) is 14.6. The standard InChI is InChI=1S/C27H35ClN6O4S/c1-27(2,35)17-34-12-10-18-14-22(23(38-5)15-19(18)11-13-34)31-26-29-16-20(28)25(32-26)30-21-8-6-7-9-24(21)39(36,37)33(3)4/h6-9,14-16,35H,10-13,17H2,1-5H3,(H2,29,30,31,32). The molecule has 1 aliphatic heterocycles. The third-order valence-corrected chi connectivity index (χ3v) is 8.57. The zero-order valence-corrected chi connectivity index (χ0v) is 24.4. The molecule has 0 saturated carbocycles. The lowest BCUT2D eigenvalue weighted by molar-refractivity contribution is 0.0376. The summed E-state index contributed by atoms with van der Waals surface area (Å²) in [6, 6.07) is 10.6. The second-order valence-corrected chi connectivity index (χ2v) is 12.9. The van der Waals surface area contributed by atoms with Gasteiger partial charge in [0, 0.05) is 33.7 Å². The molecule has 3 N–H and O–H groups in total. The van der Waals surface area contributed by atoms with Crippen LogP contribution in [0, 0.1) is 0 Å². The van der Waals surface area contributed by atoms with Crippen molar-refractivity contribution < 1.29 is 18.3 Å². The molecule has 210 valence electrons. The van der Waals surface area contributed by atoms with Crippen LogP contribution in [-0.4, -0.2) is 79.1 Å². The smallest absolute Gasteiger partial charge is 0.244 e. The van der Waals surface area contributed by atoms with Crippen molar-refractivity contribution >= 4 is 44.8 Å². The van der Waals surface area contributed by atoms with Gasteiger partial charge >= 0.3 is 0 Å². The van der Waals surface area contributed by atoms with Crippen LogP contribution in [0.5, 0.6) is 5.75 Å². The molecule has 0 amide bonds. The largest absolute Gasteiger partial charge is 0.495 e. The van der Waals surface area contributed by atoms with Crippen LogP contribution in [0.3, 0.4) is 0 Å². The van der Waals surface area contributed by atoms with Crippen LogP contribution in [0.25, 0.3) is 0 Å². The molecule has 2 aromatic carbocycles. The van der Waals surface area contributed by atoms with Gasteiger partial charge in [-0.05, 0) is 62.1 Å². The third-order valence-electron chi connectivity index (χ3n) is 6.42. The molecule has 0 fully saturated rings. The number of para-hydroxylation sites is 1. The first-order valence-electron chi connectivity index (χ1n) is 12.6. The number of nitrogens with one attached hydrogen (secondary N) is 2. The quantitative estimate of drug-likeness (QED) is 0.347. The number of hydrogen-bond acceptors (Lipinski definition) is 9. The lowest BCUT2D eigenvalue weighted by atomic mass is 10.0. The van der Waals surface area contributed by atoms with Crippen LogP contribution in [0.4, 0.5) is 23.1 Å². The van der Waals surface area contributed by atoms with Gasteiger partial charge in [0.05, 0.1) is 30.3 Å². The summed E-state index contributed by atoms with van der Waals surface area (Å²) < 4.78 is 32.5. The van der Waals surface area contributed by atoms with Gasteiger partial charge in [0.15, 0.2) is 5.82 Å². The van der Waals surface area contributed by atoms with Gasteiger partial charge in [-0.3, -0.25) is 4.90 Å². The Morgan fingerprint density at radius 3 is 2.41 bits per heavy atom. The van der Waals surface area contributed by atoms with E-state index in [1.807, 2.05) is 26.0 Å². The molecule has 4 rings (SSSR count). The summed E-state index contributed by atoms with van der Waals surface area (Å²) in [7, 11) is 0.867. The van der Waals surface area contributed by atoms with Crippen LogP contribution in [0.1, 0.15) is 25.0 Å². The second-order valence-electron chi connectivity index (χ2n) is 10.3. The van der Waals surface area contributed by atoms with Gasteiger partial charge in [0.1, 0.15) is 15.7 Å². The maximum absolute atomic E-state index is 12.8. The van der Waals surface area contributed by atoms with Gasteiger partial charge in [-0.2, -0.15) is 4.98 Å². The first-order chi connectivity index (χ1) is 18.4. The Morgan fingerprint density at radius 2 is 1.77 bits per heavy atom. The molecule has 0 unspecified atom stereocenters. The number of β-amino-alcohol motifs (C(OH)–C–C–N with tert-alkyl or cyclic N) is 1. The van der Waals surface area contributed by atoms with Crippen molar-refractivity contribution in [1.82, 2.24) is 19.2 Å². The molecule has 3 aromatic rings. The van der Waals surface area contributed by atoms with Crippen molar-refractivity contribution in [2.45, 2.75) is 37.2 Å². The lowest BCUT2D eigenvalue weighted by Crippen LogP contribution is -2.39. The highest BCUT2D eigenvalue weighted by Gasteiger charge is 2.23. The van der Waals surface area contributed by atoms with E-state index in [0.717, 1.165) is 30.2 Å². The molecule has 0 bridgehead atoms. The highest BCUT2D eigenvalue weighted by atomic mass is 35.5. The van der Waals surface area contributed by atoms with E-state index < -0.39 is 15.6 Å². The van der Waals surface area contributed by atoms with Crippen LogP contribution in [-0.2, 0) is 22.9 Å². The summed E-state index contributed by atoms with van der Waals surface area (Å²) in [5, 5.41) is 16.8. The third kappa shape index (κ3) is 6.98. The number of halogens is 1. The van der Waals surface area contributed by atoms with Crippen LogP contribution >= 0.6 is 11.6 Å². The number of sulfonamides is 1. The molecule has 0 aliphatic carbocycles. The number of rotatable bonds is 9. The molecule has 0 radical (unpaired) electrons. The van der Waals surface area contributed by atoms with Crippen molar-refractivity contribution in [3.8, 4) is 5.75 Å². The fraction of sp³-hybridized carbons (Fsp3) is 0.407. The average Bonchev–Trinajstić information content (AvgIpc) is 3.06. The van der Waals surface area contributed by atoms with E-state index in [-0.39, 0.29) is 21.7 Å². The first kappa shape index (κ1) is 29.0. The van der Waals surface area contributed by atoms with Crippen LogP contribution in [0.15, 0.2) is 47.5 Å². The maximum atomic E-state index is 12.8. The molecule has 1 aliphatic rings. The monoisotopic (exact) mass is 574 g/mol. The fourth-order valence-electron chi connectivity index (χ4n) is 4.53. The fourth-order valence-corrected chi connectivity index (χ4v) is 5.71.